The van der Waals surface area contributed by atoms with Crippen LogP contribution in [0.5, 0.6) is 11.5 Å². The molecule has 0 atom stereocenters. The van der Waals surface area contributed by atoms with Gasteiger partial charge in [0, 0.05) is 17.0 Å². The number of sulfonamides is 1. The van der Waals surface area contributed by atoms with E-state index in [0.717, 1.165) is 23.6 Å². The largest absolute Gasteiger partial charge is 0.454 e. The zero-order valence-corrected chi connectivity index (χ0v) is 17.8. The van der Waals surface area contributed by atoms with Crippen LogP contribution < -0.4 is 14.2 Å². The molecule has 0 spiro atoms. The van der Waals surface area contributed by atoms with Gasteiger partial charge in [0.05, 0.1) is 0 Å². The third-order valence-corrected chi connectivity index (χ3v) is 6.70. The maximum atomic E-state index is 12.6. The highest BCUT2D eigenvalue weighted by Gasteiger charge is 2.28. The predicted octanol–water partition coefficient (Wildman–Crippen LogP) is 3.97. The molecule has 144 valence electrons. The minimum Gasteiger partial charge on any atom is -0.454 e. The Morgan fingerprint density at radius 1 is 1.11 bits per heavy atom. The van der Waals surface area contributed by atoms with Crippen LogP contribution in [0.15, 0.2) is 39.7 Å². The minimum atomic E-state index is -4.00. The highest BCUT2D eigenvalue weighted by Crippen LogP contribution is 2.44. The lowest BCUT2D eigenvalue weighted by atomic mass is 9.82. The van der Waals surface area contributed by atoms with Crippen LogP contribution >= 0.6 is 15.9 Å². The summed E-state index contributed by atoms with van der Waals surface area (Å²) in [5, 5.41) is 0. The van der Waals surface area contributed by atoms with Crippen molar-refractivity contribution in [3.63, 3.8) is 0 Å². The molecule has 0 saturated heterocycles. The number of nitrogens with one attached hydrogen (secondary N) is 1. The third kappa shape index (κ3) is 3.82. The van der Waals surface area contributed by atoms with E-state index >= 15 is 0 Å². The van der Waals surface area contributed by atoms with Gasteiger partial charge in [0.25, 0.3) is 10.0 Å². The molecule has 0 aromatic heterocycles. The molecule has 1 heterocycles. The molecule has 1 N–H and O–H groups in total. The van der Waals surface area contributed by atoms with Gasteiger partial charge in [-0.2, -0.15) is 0 Å². The molecule has 27 heavy (non-hydrogen) atoms. The smallest absolute Gasteiger partial charge is 0.265 e. The van der Waals surface area contributed by atoms with Gasteiger partial charge < -0.3 is 9.47 Å². The van der Waals surface area contributed by atoms with Crippen LogP contribution in [0.1, 0.15) is 33.3 Å². The Morgan fingerprint density at radius 2 is 1.78 bits per heavy atom. The van der Waals surface area contributed by atoms with E-state index in [0.29, 0.717) is 16.0 Å². The van der Waals surface area contributed by atoms with Crippen LogP contribution in [0.2, 0.25) is 0 Å². The van der Waals surface area contributed by atoms with Crippen molar-refractivity contribution in [1.82, 2.24) is 4.72 Å². The van der Waals surface area contributed by atoms with Crippen molar-refractivity contribution in [3.05, 3.63) is 40.4 Å². The van der Waals surface area contributed by atoms with Crippen LogP contribution in [-0.4, -0.2) is 21.1 Å². The first-order valence-corrected chi connectivity index (χ1v) is 10.5. The van der Waals surface area contributed by atoms with Gasteiger partial charge in [-0.05, 0) is 50.7 Å². The standard InChI is InChI=1S/C19H20BrNO5S/c1-11(22)21-27(23,24)16-8-6-13(19(2,3)4)17(18(16)20)12-5-7-14-15(9-12)26-10-25-14/h5-9H,10H2,1-4H3,(H,21,22). The second-order valence-corrected chi connectivity index (χ2v) is 9.72. The van der Waals surface area contributed by atoms with Crippen LogP contribution in [0.3, 0.4) is 0 Å². The number of carbonyl (C=O) groups excluding carboxylic acids is 1. The number of amides is 1. The molecule has 1 aliphatic rings. The van der Waals surface area contributed by atoms with Gasteiger partial charge in [0.15, 0.2) is 11.5 Å². The van der Waals surface area contributed by atoms with Gasteiger partial charge in [-0.15, -0.1) is 0 Å². The fourth-order valence-electron chi connectivity index (χ4n) is 2.97. The summed E-state index contributed by atoms with van der Waals surface area (Å²) in [5.74, 6) is 0.606. The van der Waals surface area contributed by atoms with E-state index in [2.05, 4.69) is 15.9 Å². The lowest BCUT2D eigenvalue weighted by Crippen LogP contribution is -2.28. The monoisotopic (exact) mass is 453 g/mol. The molecule has 0 saturated carbocycles. The van der Waals surface area contributed by atoms with Gasteiger partial charge in [-0.25, -0.2) is 13.1 Å². The molecule has 8 heteroatoms. The number of halogens is 1. The zero-order chi connectivity index (χ0) is 20.0. The highest BCUT2D eigenvalue weighted by atomic mass is 79.9. The SMILES string of the molecule is CC(=O)NS(=O)(=O)c1ccc(C(C)(C)C)c(-c2ccc3c(c2)OCO3)c1Br. The lowest BCUT2D eigenvalue weighted by Gasteiger charge is -2.25. The number of fused-ring (bicyclic) bond motifs is 1. The predicted molar refractivity (Wildman–Crippen MR) is 105 cm³/mol. The normalized spacial score (nSPS) is 13.5. The zero-order valence-electron chi connectivity index (χ0n) is 15.4. The van der Waals surface area contributed by atoms with E-state index in [1.165, 1.54) is 6.07 Å². The van der Waals surface area contributed by atoms with Crippen molar-refractivity contribution in [3.8, 4) is 22.6 Å². The maximum Gasteiger partial charge on any atom is 0.265 e. The summed E-state index contributed by atoms with van der Waals surface area (Å²) in [6.07, 6.45) is 0. The minimum absolute atomic E-state index is 0.00151. The Balaban J connectivity index is 2.27. The molecule has 1 amide bonds. The topological polar surface area (TPSA) is 81.7 Å². The van der Waals surface area contributed by atoms with E-state index in [1.54, 1.807) is 12.1 Å². The molecule has 0 aliphatic carbocycles. The van der Waals surface area contributed by atoms with Gasteiger partial charge in [0.2, 0.25) is 12.7 Å². The number of ether oxygens (including phenoxy) is 2. The van der Waals surface area contributed by atoms with Gasteiger partial charge >= 0.3 is 0 Å². The summed E-state index contributed by atoms with van der Waals surface area (Å²) in [4.78, 5) is 11.3. The number of rotatable bonds is 3. The number of hydrogen-bond acceptors (Lipinski definition) is 5. The maximum absolute atomic E-state index is 12.6. The molecule has 3 rings (SSSR count). The Kier molecular flexibility index (Phi) is 4.98. The van der Waals surface area contributed by atoms with Gasteiger partial charge in [-0.3, -0.25) is 4.79 Å². The van der Waals surface area contributed by atoms with Crippen molar-refractivity contribution in [2.75, 3.05) is 6.79 Å². The lowest BCUT2D eigenvalue weighted by molar-refractivity contribution is -0.117. The van der Waals surface area contributed by atoms with E-state index in [9.17, 15) is 13.2 Å². The molecule has 1 aliphatic heterocycles. The number of benzene rings is 2. The average Bonchev–Trinajstić information content (AvgIpc) is 2.99. The first kappa shape index (κ1) is 19.7. The summed E-state index contributed by atoms with van der Waals surface area (Å²) in [7, 11) is -4.00. The average molecular weight is 454 g/mol. The summed E-state index contributed by atoms with van der Waals surface area (Å²) in [6.45, 7) is 7.46. The molecule has 0 unspecified atom stereocenters. The molecule has 0 bridgehead atoms. The molecule has 0 radical (unpaired) electrons. The van der Waals surface area contributed by atoms with Crippen LogP contribution in [0.25, 0.3) is 11.1 Å². The first-order valence-electron chi connectivity index (χ1n) is 8.27. The Labute approximate surface area is 167 Å². The van der Waals surface area contributed by atoms with E-state index in [4.69, 9.17) is 9.47 Å². The summed E-state index contributed by atoms with van der Waals surface area (Å²) < 4.78 is 38.4. The van der Waals surface area contributed by atoms with Crippen LogP contribution in [-0.2, 0) is 20.2 Å². The first-order chi connectivity index (χ1) is 12.5. The Hall–Kier alpha value is -2.06. The van der Waals surface area contributed by atoms with Gasteiger partial charge in [-0.1, -0.05) is 32.9 Å². The third-order valence-electron chi connectivity index (χ3n) is 4.14. The van der Waals surface area contributed by atoms with E-state index < -0.39 is 15.9 Å². The molecule has 6 nitrogen and oxygen atoms in total. The highest BCUT2D eigenvalue weighted by molar-refractivity contribution is 9.10. The van der Waals surface area contributed by atoms with Crippen LogP contribution in [0.4, 0.5) is 0 Å². The summed E-state index contributed by atoms with van der Waals surface area (Å²) >= 11 is 3.47. The van der Waals surface area contributed by atoms with Crippen LogP contribution in [0, 0.1) is 0 Å². The molecule has 0 fully saturated rings. The summed E-state index contributed by atoms with van der Waals surface area (Å²) in [6, 6.07) is 8.77. The van der Waals surface area contributed by atoms with Crippen molar-refractivity contribution in [2.24, 2.45) is 0 Å². The fraction of sp³-hybridized carbons (Fsp3) is 0.316. The Bertz CT molecular complexity index is 1030. The van der Waals surface area contributed by atoms with E-state index in [1.807, 2.05) is 37.6 Å². The van der Waals surface area contributed by atoms with Crippen molar-refractivity contribution < 1.29 is 22.7 Å². The second kappa shape index (κ2) is 6.83. The van der Waals surface area contributed by atoms with Crippen molar-refractivity contribution in [1.29, 1.82) is 0 Å². The second-order valence-electron chi connectivity index (χ2n) is 7.28. The van der Waals surface area contributed by atoms with Crippen molar-refractivity contribution >= 4 is 31.9 Å². The number of carbonyl (C=O) groups is 1. The fourth-order valence-corrected chi connectivity index (χ4v) is 5.26. The molecule has 2 aromatic carbocycles. The van der Waals surface area contributed by atoms with Crippen molar-refractivity contribution in [2.45, 2.75) is 38.0 Å². The quantitative estimate of drug-likeness (QED) is 0.759. The summed E-state index contributed by atoms with van der Waals surface area (Å²) in [5.41, 5.74) is 2.23. The molecule has 2 aromatic rings. The molecular formula is C19H20BrNO5S. The number of hydrogen-bond donors (Lipinski definition) is 1. The van der Waals surface area contributed by atoms with Gasteiger partial charge in [0.1, 0.15) is 4.90 Å². The van der Waals surface area contributed by atoms with E-state index in [-0.39, 0.29) is 17.1 Å². The Morgan fingerprint density at radius 3 is 2.41 bits per heavy atom. The molecular weight excluding hydrogens is 434 g/mol.